The van der Waals surface area contributed by atoms with Crippen LogP contribution in [0.3, 0.4) is 0 Å². The van der Waals surface area contributed by atoms with E-state index in [0.29, 0.717) is 28.5 Å². The van der Waals surface area contributed by atoms with E-state index in [1.54, 1.807) is 49.4 Å². The van der Waals surface area contributed by atoms with Gasteiger partial charge in [-0.1, -0.05) is 25.1 Å². The first kappa shape index (κ1) is 22.9. The minimum absolute atomic E-state index is 0.109. The molecule has 0 aromatic heterocycles. The lowest BCUT2D eigenvalue weighted by molar-refractivity contribution is -0.124. The summed E-state index contributed by atoms with van der Waals surface area (Å²) in [7, 11) is 0. The van der Waals surface area contributed by atoms with Crippen molar-refractivity contribution in [2.75, 3.05) is 25.3 Å². The number of carbonyl (C=O) groups excluding carboxylic acids is 2. The summed E-state index contributed by atoms with van der Waals surface area (Å²) in [6.45, 7) is 1.93. The number of amides is 2. The Morgan fingerprint density at radius 2 is 1.91 bits per heavy atom. The Balaban J connectivity index is 1.74. The van der Waals surface area contributed by atoms with Crippen LogP contribution in [-0.4, -0.2) is 42.3 Å². The van der Waals surface area contributed by atoms with Gasteiger partial charge in [0.2, 0.25) is 6.79 Å². The number of carbonyl (C=O) groups is 2. The molecule has 0 unspecified atom stereocenters. The maximum atomic E-state index is 12.6. The topological polar surface area (TPSA) is 136 Å². The van der Waals surface area contributed by atoms with Crippen molar-refractivity contribution in [1.82, 2.24) is 5.48 Å². The van der Waals surface area contributed by atoms with E-state index < -0.39 is 24.0 Å². The summed E-state index contributed by atoms with van der Waals surface area (Å²) >= 11 is 0. The number of hydroxylamine groups is 1. The molecule has 2 amide bonds. The van der Waals surface area contributed by atoms with Gasteiger partial charge in [0.05, 0.1) is 6.61 Å². The molecule has 2 aromatic rings. The van der Waals surface area contributed by atoms with Gasteiger partial charge in [-0.3, -0.25) is 15.3 Å². The minimum Gasteiger partial charge on any atom is -0.491 e. The smallest absolute Gasteiger partial charge is 0.412 e. The zero-order chi connectivity index (χ0) is 22.9. The first-order valence-electron chi connectivity index (χ1n) is 9.83. The lowest BCUT2D eigenvalue weighted by Crippen LogP contribution is -2.22. The molecule has 10 nitrogen and oxygen atoms in total. The highest BCUT2D eigenvalue weighted by molar-refractivity contribution is 5.86. The molecule has 2 atom stereocenters. The highest BCUT2D eigenvalue weighted by atomic mass is 16.7. The number of hydrogen-bond donors (Lipinski definition) is 4. The fourth-order valence-corrected chi connectivity index (χ4v) is 3.01. The van der Waals surface area contributed by atoms with Crippen LogP contribution in [0.25, 0.3) is 0 Å². The third-order valence-corrected chi connectivity index (χ3v) is 4.56. The third-order valence-electron chi connectivity index (χ3n) is 4.56. The maximum Gasteiger partial charge on any atom is 0.412 e. The van der Waals surface area contributed by atoms with Crippen molar-refractivity contribution in [1.29, 1.82) is 0 Å². The quantitative estimate of drug-likeness (QED) is 0.263. The van der Waals surface area contributed by atoms with E-state index in [-0.39, 0.29) is 20.0 Å². The van der Waals surface area contributed by atoms with Crippen molar-refractivity contribution in [2.45, 2.75) is 13.0 Å². The molecule has 0 spiro atoms. The number of ether oxygens (including phenoxy) is 4. The molecule has 0 bridgehead atoms. The van der Waals surface area contributed by atoms with Gasteiger partial charge in [-0.25, -0.2) is 10.3 Å². The minimum atomic E-state index is -0.751. The number of benzene rings is 2. The van der Waals surface area contributed by atoms with Gasteiger partial charge >= 0.3 is 6.09 Å². The van der Waals surface area contributed by atoms with Gasteiger partial charge in [0.25, 0.3) is 5.91 Å². The SMILES string of the molecule is C[C@@H](/C=C/C(=O)NO)[C@@H](OC(=O)Nc1ccc2c(c1)OCO2)c1ccc(OCCO)cc1. The van der Waals surface area contributed by atoms with E-state index in [1.807, 2.05) is 0 Å². The van der Waals surface area contributed by atoms with Crippen LogP contribution >= 0.6 is 0 Å². The van der Waals surface area contributed by atoms with Crippen LogP contribution < -0.4 is 25.0 Å². The normalized spacial score (nSPS) is 14.0. The highest BCUT2D eigenvalue weighted by Crippen LogP contribution is 2.35. The van der Waals surface area contributed by atoms with E-state index in [4.69, 9.17) is 29.3 Å². The van der Waals surface area contributed by atoms with E-state index in [9.17, 15) is 9.59 Å². The Hall–Kier alpha value is -3.76. The average molecular weight is 444 g/mol. The van der Waals surface area contributed by atoms with Gasteiger partial charge < -0.3 is 24.1 Å². The summed E-state index contributed by atoms with van der Waals surface area (Å²) in [6, 6.07) is 11.8. The zero-order valence-corrected chi connectivity index (χ0v) is 17.3. The van der Waals surface area contributed by atoms with Gasteiger partial charge in [-0.2, -0.15) is 0 Å². The van der Waals surface area contributed by atoms with Gasteiger partial charge in [0.1, 0.15) is 18.5 Å². The number of aliphatic hydroxyl groups is 1. The first-order chi connectivity index (χ1) is 15.5. The van der Waals surface area contributed by atoms with Crippen LogP contribution in [-0.2, 0) is 9.53 Å². The molecule has 0 saturated heterocycles. The van der Waals surface area contributed by atoms with Crippen LogP contribution in [0.5, 0.6) is 17.2 Å². The fraction of sp³-hybridized carbons (Fsp3) is 0.273. The predicted octanol–water partition coefficient (Wildman–Crippen LogP) is 2.77. The summed E-state index contributed by atoms with van der Waals surface area (Å²) in [5.74, 6) is 0.539. The number of anilines is 1. The highest BCUT2D eigenvalue weighted by Gasteiger charge is 2.23. The lowest BCUT2D eigenvalue weighted by Gasteiger charge is -2.23. The molecule has 4 N–H and O–H groups in total. The second-order valence-electron chi connectivity index (χ2n) is 6.85. The Morgan fingerprint density at radius 3 is 2.62 bits per heavy atom. The van der Waals surface area contributed by atoms with Crippen molar-refractivity contribution >= 4 is 17.7 Å². The number of hydrogen-bond acceptors (Lipinski definition) is 8. The largest absolute Gasteiger partial charge is 0.491 e. The second-order valence-corrected chi connectivity index (χ2v) is 6.85. The van der Waals surface area contributed by atoms with Crippen LogP contribution in [0, 0.1) is 5.92 Å². The monoisotopic (exact) mass is 444 g/mol. The molecule has 170 valence electrons. The summed E-state index contributed by atoms with van der Waals surface area (Å²) < 4.78 is 21.6. The number of nitrogens with one attached hydrogen (secondary N) is 2. The van der Waals surface area contributed by atoms with Gasteiger partial charge in [0.15, 0.2) is 11.5 Å². The summed E-state index contributed by atoms with van der Waals surface area (Å²) in [4.78, 5) is 24.0. The molecule has 0 aliphatic carbocycles. The Bertz CT molecular complexity index is 961. The standard InChI is InChI=1S/C22H24N2O8/c1-14(2-9-20(26)24-28)21(15-3-6-17(7-4-15)29-11-10-25)32-22(27)23-16-5-8-18-19(12-16)31-13-30-18/h2-9,12,14,21,25,28H,10-11,13H2,1H3,(H,23,27)(H,24,26)/b9-2+/t14-,21+/m0/s1. The van der Waals surface area contributed by atoms with Crippen molar-refractivity contribution in [2.24, 2.45) is 5.92 Å². The zero-order valence-electron chi connectivity index (χ0n) is 17.3. The second kappa shape index (κ2) is 11.0. The molecule has 2 aromatic carbocycles. The van der Waals surface area contributed by atoms with E-state index in [1.165, 1.54) is 11.6 Å². The summed E-state index contributed by atoms with van der Waals surface area (Å²) in [5, 5.41) is 20.2. The van der Waals surface area contributed by atoms with Gasteiger partial charge in [-0.15, -0.1) is 0 Å². The van der Waals surface area contributed by atoms with Crippen LogP contribution in [0.1, 0.15) is 18.6 Å². The summed E-state index contributed by atoms with van der Waals surface area (Å²) in [6.07, 6.45) is 1.20. The molecule has 1 aliphatic heterocycles. The molecule has 1 heterocycles. The number of rotatable bonds is 9. The van der Waals surface area contributed by atoms with Crippen LogP contribution in [0.2, 0.25) is 0 Å². The molecule has 0 radical (unpaired) electrons. The molecule has 32 heavy (non-hydrogen) atoms. The molecular weight excluding hydrogens is 420 g/mol. The van der Waals surface area contributed by atoms with Crippen molar-refractivity contribution in [3.05, 3.63) is 60.2 Å². The number of fused-ring (bicyclic) bond motifs is 1. The molecular formula is C22H24N2O8. The molecule has 0 fully saturated rings. The van der Waals surface area contributed by atoms with Crippen molar-refractivity contribution in [3.8, 4) is 17.2 Å². The molecule has 1 aliphatic rings. The van der Waals surface area contributed by atoms with E-state index in [2.05, 4.69) is 5.32 Å². The third kappa shape index (κ3) is 6.13. The molecule has 10 heteroatoms. The van der Waals surface area contributed by atoms with E-state index in [0.717, 1.165) is 6.08 Å². The predicted molar refractivity (Wildman–Crippen MR) is 113 cm³/mol. The van der Waals surface area contributed by atoms with Crippen LogP contribution in [0.15, 0.2) is 54.6 Å². The van der Waals surface area contributed by atoms with Gasteiger partial charge in [-0.05, 0) is 29.8 Å². The molecule has 3 rings (SSSR count). The van der Waals surface area contributed by atoms with Crippen molar-refractivity contribution < 1.29 is 38.9 Å². The lowest BCUT2D eigenvalue weighted by atomic mass is 9.96. The maximum absolute atomic E-state index is 12.6. The Morgan fingerprint density at radius 1 is 1.16 bits per heavy atom. The van der Waals surface area contributed by atoms with Crippen molar-refractivity contribution in [3.63, 3.8) is 0 Å². The molecule has 0 saturated carbocycles. The fourth-order valence-electron chi connectivity index (χ4n) is 3.01. The van der Waals surface area contributed by atoms with Gasteiger partial charge in [0, 0.05) is 23.7 Å². The van der Waals surface area contributed by atoms with E-state index >= 15 is 0 Å². The average Bonchev–Trinajstić information content (AvgIpc) is 3.27. The number of aliphatic hydroxyl groups excluding tert-OH is 1. The summed E-state index contributed by atoms with van der Waals surface area (Å²) in [5.41, 5.74) is 2.64. The Labute approximate surface area is 184 Å². The first-order valence-corrected chi connectivity index (χ1v) is 9.83. The van der Waals surface area contributed by atoms with Crippen LogP contribution in [0.4, 0.5) is 10.5 Å². The Kier molecular flexibility index (Phi) is 7.90.